The van der Waals surface area contributed by atoms with Gasteiger partial charge >= 0.3 is 6.18 Å². The molecule has 0 fully saturated rings. The Morgan fingerprint density at radius 3 is 2.19 bits per heavy atom. The molecule has 0 amide bonds. The van der Waals surface area contributed by atoms with Crippen LogP contribution in [0, 0.1) is 5.92 Å². The van der Waals surface area contributed by atoms with Gasteiger partial charge in [-0.15, -0.1) is 0 Å². The summed E-state index contributed by atoms with van der Waals surface area (Å²) < 4.78 is 38.3. The number of hydrogen-bond donors (Lipinski definition) is 1. The van der Waals surface area contributed by atoms with Gasteiger partial charge in [0.25, 0.3) is 0 Å². The molecule has 1 rings (SSSR count). The first-order chi connectivity index (χ1) is 7.38. The maximum atomic E-state index is 12.8. The molecule has 1 aromatic rings. The average Bonchev–Trinajstić information content (AvgIpc) is 2.17. The summed E-state index contributed by atoms with van der Waals surface area (Å²) in [6.07, 6.45) is -4.31. The summed E-state index contributed by atoms with van der Waals surface area (Å²) in [5.41, 5.74) is 5.28. The molecular formula is C12H16F3N. The standard InChI is InChI=1S/C12H16F3N/c1-8(2)10(7-16)9-5-3-4-6-11(9)12(13,14)15/h3-6,8,10H,7,16H2,1-2H3. The van der Waals surface area contributed by atoms with Crippen LogP contribution in [0.4, 0.5) is 13.2 Å². The Kier molecular flexibility index (Phi) is 3.97. The molecule has 0 saturated heterocycles. The number of nitrogens with two attached hydrogens (primary N) is 1. The molecule has 0 aromatic heterocycles. The van der Waals surface area contributed by atoms with Crippen molar-refractivity contribution in [3.63, 3.8) is 0 Å². The lowest BCUT2D eigenvalue weighted by Crippen LogP contribution is -2.21. The summed E-state index contributed by atoms with van der Waals surface area (Å²) in [5, 5.41) is 0. The van der Waals surface area contributed by atoms with Crippen LogP contribution in [0.1, 0.15) is 30.9 Å². The van der Waals surface area contributed by atoms with Crippen molar-refractivity contribution in [2.24, 2.45) is 11.7 Å². The van der Waals surface area contributed by atoms with Crippen LogP contribution in [0.3, 0.4) is 0 Å². The fourth-order valence-corrected chi connectivity index (χ4v) is 1.84. The quantitative estimate of drug-likeness (QED) is 0.847. The van der Waals surface area contributed by atoms with E-state index < -0.39 is 11.7 Å². The molecule has 90 valence electrons. The fourth-order valence-electron chi connectivity index (χ4n) is 1.84. The number of alkyl halides is 3. The third-order valence-electron chi connectivity index (χ3n) is 2.72. The predicted molar refractivity (Wildman–Crippen MR) is 58.1 cm³/mol. The maximum Gasteiger partial charge on any atom is 0.416 e. The van der Waals surface area contributed by atoms with E-state index in [2.05, 4.69) is 0 Å². The molecule has 2 N–H and O–H groups in total. The van der Waals surface area contributed by atoms with Crippen molar-refractivity contribution in [3.05, 3.63) is 35.4 Å². The highest BCUT2D eigenvalue weighted by molar-refractivity contribution is 5.33. The monoisotopic (exact) mass is 231 g/mol. The lowest BCUT2D eigenvalue weighted by Gasteiger charge is -2.23. The number of hydrogen-bond acceptors (Lipinski definition) is 1. The Hall–Kier alpha value is -1.03. The summed E-state index contributed by atoms with van der Waals surface area (Å²) in [6, 6.07) is 5.65. The summed E-state index contributed by atoms with van der Waals surface area (Å²) in [4.78, 5) is 0. The van der Waals surface area contributed by atoms with E-state index in [4.69, 9.17) is 5.73 Å². The Labute approximate surface area is 93.5 Å². The van der Waals surface area contributed by atoms with Crippen LogP contribution in [0.25, 0.3) is 0 Å². The van der Waals surface area contributed by atoms with E-state index in [0.717, 1.165) is 6.07 Å². The molecule has 1 nitrogen and oxygen atoms in total. The van der Waals surface area contributed by atoms with Gasteiger partial charge in [-0.05, 0) is 30.0 Å². The van der Waals surface area contributed by atoms with E-state index in [0.29, 0.717) is 5.56 Å². The number of halogens is 3. The zero-order chi connectivity index (χ0) is 12.3. The third-order valence-corrected chi connectivity index (χ3v) is 2.72. The molecule has 0 saturated carbocycles. The number of rotatable bonds is 3. The van der Waals surface area contributed by atoms with Crippen LogP contribution < -0.4 is 5.73 Å². The second-order valence-corrected chi connectivity index (χ2v) is 4.17. The minimum absolute atomic E-state index is 0.0912. The smallest absolute Gasteiger partial charge is 0.330 e. The number of benzene rings is 1. The van der Waals surface area contributed by atoms with E-state index in [1.165, 1.54) is 12.1 Å². The highest BCUT2D eigenvalue weighted by atomic mass is 19.4. The molecule has 0 bridgehead atoms. The molecular weight excluding hydrogens is 215 g/mol. The molecule has 0 heterocycles. The van der Waals surface area contributed by atoms with Crippen molar-refractivity contribution >= 4 is 0 Å². The van der Waals surface area contributed by atoms with Gasteiger partial charge in [-0.25, -0.2) is 0 Å². The summed E-state index contributed by atoms with van der Waals surface area (Å²) >= 11 is 0. The minimum atomic E-state index is -4.31. The first kappa shape index (κ1) is 13.0. The van der Waals surface area contributed by atoms with E-state index in [1.54, 1.807) is 6.07 Å². The SMILES string of the molecule is CC(C)C(CN)c1ccccc1C(F)(F)F. The second kappa shape index (κ2) is 4.87. The van der Waals surface area contributed by atoms with Crippen LogP contribution in [0.2, 0.25) is 0 Å². The fraction of sp³-hybridized carbons (Fsp3) is 0.500. The van der Waals surface area contributed by atoms with Crippen molar-refractivity contribution in [2.75, 3.05) is 6.54 Å². The molecule has 1 aromatic carbocycles. The van der Waals surface area contributed by atoms with E-state index in [9.17, 15) is 13.2 Å². The van der Waals surface area contributed by atoms with Crippen LogP contribution in [0.5, 0.6) is 0 Å². The van der Waals surface area contributed by atoms with Gasteiger partial charge in [0.2, 0.25) is 0 Å². The normalized spacial score (nSPS) is 14.2. The van der Waals surface area contributed by atoms with Gasteiger partial charge in [-0.2, -0.15) is 13.2 Å². The second-order valence-electron chi connectivity index (χ2n) is 4.17. The van der Waals surface area contributed by atoms with Crippen LogP contribution in [0.15, 0.2) is 24.3 Å². The van der Waals surface area contributed by atoms with Gasteiger partial charge in [0.05, 0.1) is 5.56 Å². The Morgan fingerprint density at radius 2 is 1.75 bits per heavy atom. The Balaban J connectivity index is 3.22. The van der Waals surface area contributed by atoms with Gasteiger partial charge in [-0.1, -0.05) is 32.0 Å². The first-order valence-corrected chi connectivity index (χ1v) is 5.24. The molecule has 0 aliphatic rings. The van der Waals surface area contributed by atoms with Gasteiger partial charge in [0.1, 0.15) is 0 Å². The van der Waals surface area contributed by atoms with Gasteiger partial charge in [0, 0.05) is 0 Å². The molecule has 0 aliphatic carbocycles. The maximum absolute atomic E-state index is 12.8. The Bertz CT molecular complexity index is 344. The molecule has 1 atom stereocenters. The molecule has 0 spiro atoms. The van der Waals surface area contributed by atoms with Crippen LogP contribution >= 0.6 is 0 Å². The Morgan fingerprint density at radius 1 is 1.19 bits per heavy atom. The van der Waals surface area contributed by atoms with Crippen molar-refractivity contribution in [1.82, 2.24) is 0 Å². The van der Waals surface area contributed by atoms with Crippen molar-refractivity contribution in [1.29, 1.82) is 0 Å². The molecule has 0 radical (unpaired) electrons. The lowest BCUT2D eigenvalue weighted by molar-refractivity contribution is -0.138. The zero-order valence-corrected chi connectivity index (χ0v) is 9.38. The topological polar surface area (TPSA) is 26.0 Å². The van der Waals surface area contributed by atoms with Gasteiger partial charge in [-0.3, -0.25) is 0 Å². The summed E-state index contributed by atoms with van der Waals surface area (Å²) in [5.74, 6) is -0.161. The lowest BCUT2D eigenvalue weighted by atomic mass is 9.85. The largest absolute Gasteiger partial charge is 0.416 e. The average molecular weight is 231 g/mol. The van der Waals surface area contributed by atoms with Crippen molar-refractivity contribution in [2.45, 2.75) is 25.9 Å². The zero-order valence-electron chi connectivity index (χ0n) is 9.38. The minimum Gasteiger partial charge on any atom is -0.330 e. The molecule has 4 heteroatoms. The van der Waals surface area contributed by atoms with Crippen LogP contribution in [-0.4, -0.2) is 6.54 Å². The van der Waals surface area contributed by atoms with E-state index in [1.807, 2.05) is 13.8 Å². The van der Waals surface area contributed by atoms with Gasteiger partial charge < -0.3 is 5.73 Å². The highest BCUT2D eigenvalue weighted by Crippen LogP contribution is 2.36. The first-order valence-electron chi connectivity index (χ1n) is 5.24. The van der Waals surface area contributed by atoms with E-state index in [-0.39, 0.29) is 18.4 Å². The third kappa shape index (κ3) is 2.76. The van der Waals surface area contributed by atoms with Crippen molar-refractivity contribution < 1.29 is 13.2 Å². The highest BCUT2D eigenvalue weighted by Gasteiger charge is 2.35. The summed E-state index contributed by atoms with van der Waals surface area (Å²) in [7, 11) is 0. The van der Waals surface area contributed by atoms with Crippen molar-refractivity contribution in [3.8, 4) is 0 Å². The predicted octanol–water partition coefficient (Wildman–Crippen LogP) is 3.40. The molecule has 1 unspecified atom stereocenters. The summed E-state index contributed by atoms with van der Waals surface area (Å²) in [6.45, 7) is 3.99. The molecule has 16 heavy (non-hydrogen) atoms. The van der Waals surface area contributed by atoms with E-state index >= 15 is 0 Å². The van der Waals surface area contributed by atoms with Crippen LogP contribution in [-0.2, 0) is 6.18 Å². The van der Waals surface area contributed by atoms with Gasteiger partial charge in [0.15, 0.2) is 0 Å². The molecule has 0 aliphatic heterocycles.